The van der Waals surface area contributed by atoms with Crippen molar-refractivity contribution in [3.63, 3.8) is 0 Å². The Morgan fingerprint density at radius 2 is 2.00 bits per heavy atom. The molecule has 0 spiro atoms. The first kappa shape index (κ1) is 17.3. The van der Waals surface area contributed by atoms with Gasteiger partial charge in [-0.15, -0.1) is 0 Å². The van der Waals surface area contributed by atoms with Crippen LogP contribution in [0.5, 0.6) is 0 Å². The number of aliphatic carboxylic acids is 1. The molecule has 4 nitrogen and oxygen atoms in total. The van der Waals surface area contributed by atoms with Crippen LogP contribution in [0.1, 0.15) is 40.5 Å². The van der Waals surface area contributed by atoms with E-state index in [-0.39, 0.29) is 5.97 Å². The Morgan fingerprint density at radius 1 is 1.50 bits per heavy atom. The topological polar surface area (TPSA) is 63.6 Å². The van der Waals surface area contributed by atoms with E-state index in [0.717, 1.165) is 18.4 Å². The SMILES string of the molecule is CC(C)(C)C(=O)O.CCOC(=O)C1=CCC[CH]1[Zn]. The molecular formula is C13H21O4Zn. The fourth-order valence-electron chi connectivity index (χ4n) is 1.23. The number of carboxylic acid groups (broad SMARTS) is 1. The van der Waals surface area contributed by atoms with Gasteiger partial charge in [0.15, 0.2) is 0 Å². The number of hydrogen-bond donors (Lipinski definition) is 1. The van der Waals surface area contributed by atoms with E-state index in [0.29, 0.717) is 11.1 Å². The fraction of sp³-hybridized carbons (Fsp3) is 0.692. The summed E-state index contributed by atoms with van der Waals surface area (Å²) in [5.41, 5.74) is 0.340. The Hall–Kier alpha value is -0.697. The van der Waals surface area contributed by atoms with E-state index in [9.17, 15) is 9.59 Å². The van der Waals surface area contributed by atoms with Crippen LogP contribution in [0.2, 0.25) is 4.51 Å². The zero-order valence-electron chi connectivity index (χ0n) is 11.7. The van der Waals surface area contributed by atoms with Crippen LogP contribution in [-0.2, 0) is 32.6 Å². The molecule has 0 aliphatic heterocycles. The zero-order valence-corrected chi connectivity index (χ0v) is 14.6. The molecule has 0 saturated heterocycles. The van der Waals surface area contributed by atoms with E-state index in [1.807, 2.05) is 13.0 Å². The van der Waals surface area contributed by atoms with E-state index in [1.54, 1.807) is 20.8 Å². The molecule has 0 heterocycles. The predicted octanol–water partition coefficient (Wildman–Crippen LogP) is 2.72. The van der Waals surface area contributed by atoms with E-state index in [1.165, 1.54) is 18.3 Å². The molecule has 1 aliphatic carbocycles. The molecule has 1 atom stereocenters. The molecule has 0 radical (unpaired) electrons. The number of rotatable bonds is 2. The van der Waals surface area contributed by atoms with E-state index >= 15 is 0 Å². The Labute approximate surface area is 118 Å². The van der Waals surface area contributed by atoms with Crippen molar-refractivity contribution in [3.8, 4) is 0 Å². The summed E-state index contributed by atoms with van der Waals surface area (Å²) in [5.74, 6) is -0.853. The van der Waals surface area contributed by atoms with Gasteiger partial charge in [-0.05, 0) is 20.8 Å². The second-order valence-corrected chi connectivity index (χ2v) is 7.28. The average molecular weight is 307 g/mol. The number of hydrogen-bond acceptors (Lipinski definition) is 3. The molecule has 1 rings (SSSR count). The van der Waals surface area contributed by atoms with Crippen LogP contribution in [0.25, 0.3) is 0 Å². The summed E-state index contributed by atoms with van der Waals surface area (Å²) in [5, 5.41) is 8.25. The molecule has 0 fully saturated rings. The van der Waals surface area contributed by atoms with Crippen molar-refractivity contribution in [2.45, 2.75) is 45.0 Å². The van der Waals surface area contributed by atoms with Gasteiger partial charge in [0.25, 0.3) is 0 Å². The predicted molar refractivity (Wildman–Crippen MR) is 64.8 cm³/mol. The number of esters is 1. The van der Waals surface area contributed by atoms with Crippen LogP contribution in [0.4, 0.5) is 0 Å². The molecule has 5 heteroatoms. The first-order valence-corrected chi connectivity index (χ1v) is 7.85. The number of allylic oxidation sites excluding steroid dienone is 1. The van der Waals surface area contributed by atoms with Crippen molar-refractivity contribution in [3.05, 3.63) is 11.6 Å². The van der Waals surface area contributed by atoms with E-state index in [4.69, 9.17) is 9.84 Å². The molecule has 1 aliphatic rings. The molecule has 0 amide bonds. The van der Waals surface area contributed by atoms with Gasteiger partial charge in [0.05, 0.1) is 5.41 Å². The van der Waals surface area contributed by atoms with Gasteiger partial charge in [0.1, 0.15) is 0 Å². The average Bonchev–Trinajstić information content (AvgIpc) is 2.64. The zero-order chi connectivity index (χ0) is 14.3. The van der Waals surface area contributed by atoms with Gasteiger partial charge in [0.2, 0.25) is 0 Å². The molecule has 1 unspecified atom stereocenters. The first-order valence-electron chi connectivity index (χ1n) is 6.13. The molecule has 0 saturated carbocycles. The summed E-state index contributed by atoms with van der Waals surface area (Å²) in [4.78, 5) is 21.2. The van der Waals surface area contributed by atoms with Gasteiger partial charge in [-0.1, -0.05) is 0 Å². The van der Waals surface area contributed by atoms with Crippen molar-refractivity contribution < 1.29 is 37.7 Å². The molecule has 0 aromatic carbocycles. The quantitative estimate of drug-likeness (QED) is 0.629. The van der Waals surface area contributed by atoms with E-state index < -0.39 is 11.4 Å². The van der Waals surface area contributed by atoms with Crippen LogP contribution in [0.15, 0.2) is 11.6 Å². The first-order chi connectivity index (χ1) is 8.20. The molecule has 99 valence electrons. The maximum absolute atomic E-state index is 11.2. The minimum atomic E-state index is -0.757. The van der Waals surface area contributed by atoms with Gasteiger partial charge in [-0.3, -0.25) is 4.79 Å². The van der Waals surface area contributed by atoms with E-state index in [2.05, 4.69) is 0 Å². The number of carboxylic acids is 1. The third kappa shape index (κ3) is 6.29. The van der Waals surface area contributed by atoms with Crippen molar-refractivity contribution >= 4 is 11.9 Å². The molecule has 0 aromatic heterocycles. The van der Waals surface area contributed by atoms with Gasteiger partial charge < -0.3 is 5.11 Å². The third-order valence-corrected chi connectivity index (χ3v) is 4.25. The van der Waals surface area contributed by atoms with Gasteiger partial charge in [0, 0.05) is 0 Å². The Kier molecular flexibility index (Phi) is 7.38. The second-order valence-electron chi connectivity index (χ2n) is 5.21. The Balaban J connectivity index is 0.000000360. The summed E-state index contributed by atoms with van der Waals surface area (Å²) in [6, 6.07) is 0. The van der Waals surface area contributed by atoms with Crippen LogP contribution < -0.4 is 0 Å². The van der Waals surface area contributed by atoms with Gasteiger partial charge in [-0.2, -0.15) is 0 Å². The van der Waals surface area contributed by atoms with Crippen LogP contribution in [0.3, 0.4) is 0 Å². The van der Waals surface area contributed by atoms with Crippen molar-refractivity contribution in [1.29, 1.82) is 0 Å². The van der Waals surface area contributed by atoms with Crippen molar-refractivity contribution in [2.75, 3.05) is 6.61 Å². The summed E-state index contributed by atoms with van der Waals surface area (Å²) in [7, 11) is 0. The summed E-state index contributed by atoms with van der Waals surface area (Å²) in [6.07, 6.45) is 4.22. The molecular weight excluding hydrogens is 286 g/mol. The Morgan fingerprint density at radius 3 is 2.28 bits per heavy atom. The normalized spacial score (nSPS) is 18.6. The third-order valence-electron chi connectivity index (χ3n) is 2.47. The monoisotopic (exact) mass is 305 g/mol. The molecule has 0 aromatic rings. The minimum absolute atomic E-state index is 0.0961. The van der Waals surface area contributed by atoms with Gasteiger partial charge in [-0.25, -0.2) is 0 Å². The van der Waals surface area contributed by atoms with Crippen LogP contribution >= 0.6 is 0 Å². The van der Waals surface area contributed by atoms with Crippen LogP contribution in [0, 0.1) is 5.41 Å². The molecule has 1 N–H and O–H groups in total. The Bertz CT molecular complexity index is 328. The molecule has 0 bridgehead atoms. The molecule has 18 heavy (non-hydrogen) atoms. The summed E-state index contributed by atoms with van der Waals surface area (Å²) in [6.45, 7) is 7.32. The van der Waals surface area contributed by atoms with Crippen molar-refractivity contribution in [1.82, 2.24) is 0 Å². The fourth-order valence-corrected chi connectivity index (χ4v) is 2.42. The summed E-state index contributed by atoms with van der Waals surface area (Å²) < 4.78 is 5.43. The van der Waals surface area contributed by atoms with Crippen molar-refractivity contribution in [2.24, 2.45) is 5.41 Å². The number of ether oxygens (including phenoxy) is 1. The number of carbonyl (C=O) groups is 2. The van der Waals surface area contributed by atoms with Gasteiger partial charge >= 0.3 is 82.3 Å². The summed E-state index contributed by atoms with van der Waals surface area (Å²) >= 11 is 1.17. The number of carbonyl (C=O) groups excluding carboxylic acids is 1. The van der Waals surface area contributed by atoms with Crippen LogP contribution in [-0.4, -0.2) is 23.7 Å². The maximum atomic E-state index is 11.2. The second kappa shape index (κ2) is 7.68. The standard InChI is InChI=1S/C8H11O2.C5H10O2.Zn/c1-2-10-8(9)7-5-3-4-6-7;1-5(2,3)4(6)7;/h5-6H,2-4H2,1H3;1-3H3,(H,6,7);.